The predicted octanol–water partition coefficient (Wildman–Crippen LogP) is 2.95. The average Bonchev–Trinajstić information content (AvgIpc) is 3.09. The topological polar surface area (TPSA) is 54.0 Å². The summed E-state index contributed by atoms with van der Waals surface area (Å²) in [5, 5.41) is 9.22. The number of rotatable bonds is 6. The lowest BCUT2D eigenvalue weighted by atomic mass is 10.1. The van der Waals surface area contributed by atoms with Gasteiger partial charge >= 0.3 is 0 Å². The first-order chi connectivity index (χ1) is 11.7. The third-order valence-electron chi connectivity index (χ3n) is 4.17. The number of thiazole rings is 1. The molecule has 2 heterocycles. The fourth-order valence-corrected chi connectivity index (χ4v) is 3.50. The number of nitrogens with one attached hydrogen (secondary N) is 2. The standard InChI is InChI=1S/C19H23N3OS/c1-2-14-3-5-16(6-4-14)19-22-17(13-24-19)11-18(23)21-12-15-7-9-20-10-8-15/h3-7,13,20H,2,8-12H2,1H3,(H,21,23). The largest absolute Gasteiger partial charge is 0.352 e. The lowest BCUT2D eigenvalue weighted by Crippen LogP contribution is -2.30. The Bertz CT molecular complexity index is 718. The van der Waals surface area contributed by atoms with Gasteiger partial charge < -0.3 is 10.6 Å². The van der Waals surface area contributed by atoms with E-state index in [0.29, 0.717) is 13.0 Å². The number of hydrogen-bond donors (Lipinski definition) is 2. The monoisotopic (exact) mass is 341 g/mol. The Balaban J connectivity index is 1.54. The molecule has 0 radical (unpaired) electrons. The zero-order valence-corrected chi connectivity index (χ0v) is 14.8. The zero-order chi connectivity index (χ0) is 16.8. The second-order valence-electron chi connectivity index (χ2n) is 5.96. The molecule has 1 aliphatic heterocycles. The summed E-state index contributed by atoms with van der Waals surface area (Å²) in [6.07, 6.45) is 4.55. The van der Waals surface area contributed by atoms with Gasteiger partial charge in [0.2, 0.25) is 5.91 Å². The first-order valence-electron chi connectivity index (χ1n) is 8.43. The number of benzene rings is 1. The van der Waals surface area contributed by atoms with Crippen LogP contribution in [0.4, 0.5) is 0 Å². The molecule has 2 aromatic rings. The van der Waals surface area contributed by atoms with Crippen LogP contribution in [0, 0.1) is 0 Å². The van der Waals surface area contributed by atoms with Crippen LogP contribution in [0.25, 0.3) is 10.6 Å². The van der Waals surface area contributed by atoms with Crippen molar-refractivity contribution in [3.8, 4) is 10.6 Å². The van der Waals surface area contributed by atoms with Gasteiger partial charge in [0.1, 0.15) is 5.01 Å². The van der Waals surface area contributed by atoms with E-state index in [1.54, 1.807) is 11.3 Å². The van der Waals surface area contributed by atoms with Gasteiger partial charge in [0.25, 0.3) is 0 Å². The van der Waals surface area contributed by atoms with Crippen molar-refractivity contribution in [1.29, 1.82) is 0 Å². The molecule has 1 aromatic heterocycles. The molecule has 1 aliphatic rings. The van der Waals surface area contributed by atoms with Crippen molar-refractivity contribution >= 4 is 17.2 Å². The van der Waals surface area contributed by atoms with Crippen LogP contribution in [0.5, 0.6) is 0 Å². The molecule has 2 N–H and O–H groups in total. The van der Waals surface area contributed by atoms with Crippen molar-refractivity contribution in [3.05, 3.63) is 52.6 Å². The molecule has 0 bridgehead atoms. The normalized spacial score (nSPS) is 14.3. The molecular weight excluding hydrogens is 318 g/mol. The Morgan fingerprint density at radius 2 is 2.17 bits per heavy atom. The molecule has 0 aliphatic carbocycles. The highest BCUT2D eigenvalue weighted by Gasteiger charge is 2.10. The van der Waals surface area contributed by atoms with Crippen molar-refractivity contribution < 1.29 is 4.79 Å². The molecule has 5 heteroatoms. The maximum Gasteiger partial charge on any atom is 0.226 e. The second-order valence-corrected chi connectivity index (χ2v) is 6.82. The van der Waals surface area contributed by atoms with Crippen LogP contribution < -0.4 is 10.6 Å². The van der Waals surface area contributed by atoms with Gasteiger partial charge in [-0.05, 0) is 24.9 Å². The van der Waals surface area contributed by atoms with Gasteiger partial charge in [-0.15, -0.1) is 11.3 Å². The number of amides is 1. The van der Waals surface area contributed by atoms with Gasteiger partial charge in [-0.1, -0.05) is 42.8 Å². The first kappa shape index (κ1) is 16.9. The van der Waals surface area contributed by atoms with Crippen LogP contribution in [0.3, 0.4) is 0 Å². The molecule has 0 spiro atoms. The minimum absolute atomic E-state index is 0.0348. The molecule has 126 valence electrons. The van der Waals surface area contributed by atoms with Crippen LogP contribution in [-0.4, -0.2) is 30.5 Å². The Kier molecular flexibility index (Phi) is 5.77. The quantitative estimate of drug-likeness (QED) is 0.794. The van der Waals surface area contributed by atoms with Crippen molar-refractivity contribution in [2.24, 2.45) is 0 Å². The fourth-order valence-electron chi connectivity index (χ4n) is 2.67. The second kappa shape index (κ2) is 8.22. The Morgan fingerprint density at radius 3 is 2.88 bits per heavy atom. The molecule has 0 unspecified atom stereocenters. The van der Waals surface area contributed by atoms with E-state index in [0.717, 1.165) is 42.2 Å². The van der Waals surface area contributed by atoms with E-state index in [9.17, 15) is 4.79 Å². The van der Waals surface area contributed by atoms with Crippen LogP contribution in [0.2, 0.25) is 0 Å². The Hall–Kier alpha value is -1.98. The van der Waals surface area contributed by atoms with Crippen LogP contribution in [0.15, 0.2) is 41.3 Å². The number of hydrogen-bond acceptors (Lipinski definition) is 4. The maximum atomic E-state index is 12.1. The number of aryl methyl sites for hydroxylation is 1. The van der Waals surface area contributed by atoms with Crippen molar-refractivity contribution in [1.82, 2.24) is 15.6 Å². The van der Waals surface area contributed by atoms with Crippen LogP contribution >= 0.6 is 11.3 Å². The summed E-state index contributed by atoms with van der Waals surface area (Å²) in [6.45, 7) is 4.69. The van der Waals surface area contributed by atoms with Gasteiger partial charge in [-0.2, -0.15) is 0 Å². The molecule has 4 nitrogen and oxygen atoms in total. The highest BCUT2D eigenvalue weighted by atomic mass is 32.1. The summed E-state index contributed by atoms with van der Waals surface area (Å²) in [5.41, 5.74) is 4.58. The van der Waals surface area contributed by atoms with Gasteiger partial charge in [0, 0.05) is 24.0 Å². The fraction of sp³-hybridized carbons (Fsp3) is 0.368. The zero-order valence-electron chi connectivity index (χ0n) is 14.0. The summed E-state index contributed by atoms with van der Waals surface area (Å²) >= 11 is 1.59. The third-order valence-corrected chi connectivity index (χ3v) is 5.11. The molecule has 0 saturated carbocycles. The number of nitrogens with zero attached hydrogens (tertiary/aromatic N) is 1. The van der Waals surface area contributed by atoms with Gasteiger partial charge in [-0.3, -0.25) is 4.79 Å². The van der Waals surface area contributed by atoms with E-state index >= 15 is 0 Å². The molecule has 1 aromatic carbocycles. The Morgan fingerprint density at radius 1 is 1.33 bits per heavy atom. The minimum atomic E-state index is 0.0348. The Labute approximate surface area is 147 Å². The summed E-state index contributed by atoms with van der Waals surface area (Å²) in [6, 6.07) is 8.47. The lowest BCUT2D eigenvalue weighted by Gasteiger charge is -2.14. The number of carbonyl (C=O) groups is 1. The highest BCUT2D eigenvalue weighted by molar-refractivity contribution is 7.13. The number of aromatic nitrogens is 1. The minimum Gasteiger partial charge on any atom is -0.352 e. The van der Waals surface area contributed by atoms with Crippen molar-refractivity contribution in [2.45, 2.75) is 26.2 Å². The average molecular weight is 341 g/mol. The van der Waals surface area contributed by atoms with Crippen LogP contribution in [0.1, 0.15) is 24.6 Å². The first-order valence-corrected chi connectivity index (χ1v) is 9.31. The van der Waals surface area contributed by atoms with Gasteiger partial charge in [0.15, 0.2) is 0 Å². The summed E-state index contributed by atoms with van der Waals surface area (Å²) < 4.78 is 0. The van der Waals surface area contributed by atoms with E-state index in [1.807, 2.05) is 5.38 Å². The SMILES string of the molecule is CCc1ccc(-c2nc(CC(=O)NCC3=CCNCC3)cs2)cc1. The maximum absolute atomic E-state index is 12.1. The molecule has 0 saturated heterocycles. The highest BCUT2D eigenvalue weighted by Crippen LogP contribution is 2.24. The smallest absolute Gasteiger partial charge is 0.226 e. The molecule has 3 rings (SSSR count). The molecular formula is C19H23N3OS. The van der Waals surface area contributed by atoms with Gasteiger partial charge in [0.05, 0.1) is 12.1 Å². The predicted molar refractivity (Wildman–Crippen MR) is 99.2 cm³/mol. The summed E-state index contributed by atoms with van der Waals surface area (Å²) in [7, 11) is 0. The molecule has 1 amide bonds. The lowest BCUT2D eigenvalue weighted by molar-refractivity contribution is -0.120. The van der Waals surface area contributed by atoms with Crippen molar-refractivity contribution in [3.63, 3.8) is 0 Å². The number of carbonyl (C=O) groups excluding carboxylic acids is 1. The van der Waals surface area contributed by atoms with Crippen molar-refractivity contribution in [2.75, 3.05) is 19.6 Å². The van der Waals surface area contributed by atoms with Gasteiger partial charge in [-0.25, -0.2) is 4.98 Å². The summed E-state index contributed by atoms with van der Waals surface area (Å²) in [5.74, 6) is 0.0348. The summed E-state index contributed by atoms with van der Waals surface area (Å²) in [4.78, 5) is 16.7. The van der Waals surface area contributed by atoms with E-state index in [2.05, 4.69) is 52.9 Å². The van der Waals surface area contributed by atoms with E-state index in [-0.39, 0.29) is 5.91 Å². The molecule has 0 atom stereocenters. The van der Waals surface area contributed by atoms with Crippen LogP contribution in [-0.2, 0) is 17.6 Å². The molecule has 0 fully saturated rings. The molecule has 24 heavy (non-hydrogen) atoms. The van der Waals surface area contributed by atoms with E-state index < -0.39 is 0 Å². The van der Waals surface area contributed by atoms with E-state index in [4.69, 9.17) is 0 Å². The third kappa shape index (κ3) is 4.52. The van der Waals surface area contributed by atoms with E-state index in [1.165, 1.54) is 11.1 Å².